The number of piperidine rings is 1. The zero-order valence-corrected chi connectivity index (χ0v) is 17.0. The molecule has 28 heavy (non-hydrogen) atoms. The molecule has 1 aromatic rings. The quantitative estimate of drug-likeness (QED) is 0.507. The van der Waals surface area contributed by atoms with E-state index in [-0.39, 0.29) is 17.9 Å². The van der Waals surface area contributed by atoms with Crippen molar-refractivity contribution in [2.45, 2.75) is 58.8 Å². The summed E-state index contributed by atoms with van der Waals surface area (Å²) in [5, 5.41) is 16.2. The number of ether oxygens (including phenoxy) is 1. The van der Waals surface area contributed by atoms with Gasteiger partial charge in [0.15, 0.2) is 0 Å². The first-order valence-electron chi connectivity index (χ1n) is 9.90. The van der Waals surface area contributed by atoms with Crippen molar-refractivity contribution in [3.05, 3.63) is 28.8 Å². The van der Waals surface area contributed by atoms with Crippen LogP contribution in [0.25, 0.3) is 0 Å². The van der Waals surface area contributed by atoms with Crippen molar-refractivity contribution in [3.63, 3.8) is 0 Å². The maximum Gasteiger partial charge on any atom is 0.492 e. The van der Waals surface area contributed by atoms with E-state index in [0.29, 0.717) is 23.2 Å². The van der Waals surface area contributed by atoms with Gasteiger partial charge in [0.1, 0.15) is 11.6 Å². The van der Waals surface area contributed by atoms with Gasteiger partial charge in [-0.3, -0.25) is 4.79 Å². The second-order valence-corrected chi connectivity index (χ2v) is 8.14. The predicted octanol–water partition coefficient (Wildman–Crippen LogP) is 0.652. The summed E-state index contributed by atoms with van der Waals surface area (Å²) in [6.45, 7) is 9.23. The number of nitrogens with one attached hydrogen (secondary N) is 2. The summed E-state index contributed by atoms with van der Waals surface area (Å²) in [6.07, 6.45) is 1.42. The van der Waals surface area contributed by atoms with E-state index in [2.05, 4.69) is 10.6 Å². The number of benzene rings is 1. The Bertz CT molecular complexity index is 763. The molecule has 152 valence electrons. The van der Waals surface area contributed by atoms with E-state index in [9.17, 15) is 14.6 Å². The number of hydrogen-bond donors (Lipinski definition) is 3. The molecule has 1 aromatic carbocycles. The fourth-order valence-corrected chi connectivity index (χ4v) is 3.67. The minimum absolute atomic E-state index is 0.127. The van der Waals surface area contributed by atoms with Crippen LogP contribution in [0.1, 0.15) is 55.1 Å². The van der Waals surface area contributed by atoms with Crippen LogP contribution in [0, 0.1) is 12.8 Å². The monoisotopic (exact) mass is 388 g/mol. The number of fused-ring (bicyclic) bond motifs is 1. The van der Waals surface area contributed by atoms with Crippen LogP contribution >= 0.6 is 0 Å². The summed E-state index contributed by atoms with van der Waals surface area (Å²) >= 11 is 0. The topological polar surface area (TPSA) is 96.9 Å². The second kappa shape index (κ2) is 8.23. The first-order valence-corrected chi connectivity index (χ1v) is 9.90. The molecule has 1 atom stereocenters. The molecule has 1 amide bonds. The zero-order valence-electron chi connectivity index (χ0n) is 17.0. The van der Waals surface area contributed by atoms with Crippen molar-refractivity contribution < 1.29 is 24.0 Å². The molecule has 2 aliphatic rings. The molecule has 1 fully saturated rings. The maximum atomic E-state index is 13.0. The molecule has 0 spiro atoms. The van der Waals surface area contributed by atoms with Gasteiger partial charge in [-0.2, -0.15) is 0 Å². The van der Waals surface area contributed by atoms with Crippen LogP contribution < -0.4 is 16.1 Å². The van der Waals surface area contributed by atoms with Crippen LogP contribution in [0.3, 0.4) is 0 Å². The Hall–Kier alpha value is -1.90. The lowest BCUT2D eigenvalue weighted by molar-refractivity contribution is -0.159. The third-order valence-corrected chi connectivity index (χ3v) is 6.01. The van der Waals surface area contributed by atoms with Crippen LogP contribution in [0.4, 0.5) is 0 Å². The largest absolute Gasteiger partial charge is 0.492 e. The molecule has 7 nitrogen and oxygen atoms in total. The van der Waals surface area contributed by atoms with Gasteiger partial charge in [-0.05, 0) is 68.4 Å². The van der Waals surface area contributed by atoms with Crippen LogP contribution in [-0.2, 0) is 20.8 Å². The number of carbonyl (C=O) groups excluding carboxylic acids is 2. The van der Waals surface area contributed by atoms with Crippen LogP contribution in [0.15, 0.2) is 12.1 Å². The van der Waals surface area contributed by atoms with E-state index in [1.54, 1.807) is 26.0 Å². The average Bonchev–Trinajstić information content (AvgIpc) is 3.04. The summed E-state index contributed by atoms with van der Waals surface area (Å²) in [5.41, 5.74) is 1.44. The average molecular weight is 388 g/mol. The standard InChI is InChI=1S/C20H29BN2O5/c1-12(2)20(4,19(25)28-15-7-9-22-10-8-15)23-18(24)16-6-5-14-11-27-21(26)17(14)13(16)3/h5-6,12,15,22,26H,7-11H2,1-4H3,(H,23,24)/t20-/m1/s1. The predicted molar refractivity (Wildman–Crippen MR) is 106 cm³/mol. The molecule has 8 heteroatoms. The van der Waals surface area contributed by atoms with Crippen LogP contribution in [0.5, 0.6) is 0 Å². The van der Waals surface area contributed by atoms with E-state index in [0.717, 1.165) is 31.5 Å². The van der Waals surface area contributed by atoms with Crippen LogP contribution in [-0.4, -0.2) is 48.8 Å². The van der Waals surface area contributed by atoms with Gasteiger partial charge >= 0.3 is 13.1 Å². The highest BCUT2D eigenvalue weighted by Gasteiger charge is 2.42. The lowest BCUT2D eigenvalue weighted by Crippen LogP contribution is -2.57. The summed E-state index contributed by atoms with van der Waals surface area (Å²) in [4.78, 5) is 26.0. The van der Waals surface area contributed by atoms with Crippen molar-refractivity contribution in [1.82, 2.24) is 10.6 Å². The molecule has 0 aliphatic carbocycles. The summed E-state index contributed by atoms with van der Waals surface area (Å²) < 4.78 is 11.0. The minimum Gasteiger partial charge on any atom is -0.461 e. The molecule has 1 saturated heterocycles. The fraction of sp³-hybridized carbons (Fsp3) is 0.600. The smallest absolute Gasteiger partial charge is 0.461 e. The molecule has 2 aliphatic heterocycles. The molecule has 3 N–H and O–H groups in total. The summed E-state index contributed by atoms with van der Waals surface area (Å²) in [5.74, 6) is -0.933. The van der Waals surface area contributed by atoms with Gasteiger partial charge < -0.3 is 25.0 Å². The third kappa shape index (κ3) is 3.95. The fourth-order valence-electron chi connectivity index (χ4n) is 3.67. The lowest BCUT2D eigenvalue weighted by atomic mass is 9.75. The van der Waals surface area contributed by atoms with Gasteiger partial charge in [-0.1, -0.05) is 19.9 Å². The Morgan fingerprint density at radius 2 is 2.04 bits per heavy atom. The SMILES string of the molecule is Cc1c(C(=O)N[C@@](C)(C(=O)OC2CCNCC2)C(C)C)ccc2c1B(O)OC2. The first-order chi connectivity index (χ1) is 13.2. The van der Waals surface area contributed by atoms with Gasteiger partial charge in [0.2, 0.25) is 0 Å². The Morgan fingerprint density at radius 1 is 1.36 bits per heavy atom. The second-order valence-electron chi connectivity index (χ2n) is 8.14. The molecule has 0 radical (unpaired) electrons. The molecule has 3 rings (SSSR count). The highest BCUT2D eigenvalue weighted by Crippen LogP contribution is 2.23. The summed E-state index contributed by atoms with van der Waals surface area (Å²) in [6, 6.07) is 3.50. The van der Waals surface area contributed by atoms with Crippen molar-refractivity contribution in [1.29, 1.82) is 0 Å². The van der Waals surface area contributed by atoms with E-state index >= 15 is 0 Å². The number of hydrogen-bond acceptors (Lipinski definition) is 6. The third-order valence-electron chi connectivity index (χ3n) is 6.01. The van der Waals surface area contributed by atoms with Crippen molar-refractivity contribution in [2.24, 2.45) is 5.92 Å². The van der Waals surface area contributed by atoms with Crippen LogP contribution in [0.2, 0.25) is 0 Å². The van der Waals surface area contributed by atoms with Crippen molar-refractivity contribution in [2.75, 3.05) is 13.1 Å². The zero-order chi connectivity index (χ0) is 20.5. The van der Waals surface area contributed by atoms with Crippen molar-refractivity contribution >= 4 is 24.5 Å². The lowest BCUT2D eigenvalue weighted by Gasteiger charge is -2.35. The Kier molecular flexibility index (Phi) is 6.12. The highest BCUT2D eigenvalue weighted by atomic mass is 16.5. The molecule has 0 saturated carbocycles. The Balaban J connectivity index is 1.79. The number of carbonyl (C=O) groups is 2. The molecule has 0 bridgehead atoms. The molecule has 2 heterocycles. The van der Waals surface area contributed by atoms with Crippen molar-refractivity contribution in [3.8, 4) is 0 Å². The van der Waals surface area contributed by atoms with Gasteiger partial charge in [-0.15, -0.1) is 0 Å². The molecular weight excluding hydrogens is 359 g/mol. The Labute approximate surface area is 166 Å². The molecular formula is C20H29BN2O5. The minimum atomic E-state index is -1.15. The number of amides is 1. The number of esters is 1. The van der Waals surface area contributed by atoms with Gasteiger partial charge in [0, 0.05) is 5.56 Å². The van der Waals surface area contributed by atoms with E-state index in [4.69, 9.17) is 9.39 Å². The van der Waals surface area contributed by atoms with Gasteiger partial charge in [0.25, 0.3) is 5.91 Å². The van der Waals surface area contributed by atoms with E-state index in [1.807, 2.05) is 13.8 Å². The van der Waals surface area contributed by atoms with E-state index < -0.39 is 18.6 Å². The highest BCUT2D eigenvalue weighted by molar-refractivity contribution is 6.62. The Morgan fingerprint density at radius 3 is 2.68 bits per heavy atom. The number of rotatable bonds is 5. The normalized spacial score (nSPS) is 19.3. The maximum absolute atomic E-state index is 13.0. The molecule has 0 unspecified atom stereocenters. The summed E-state index contributed by atoms with van der Waals surface area (Å²) in [7, 11) is -1.02. The van der Waals surface area contributed by atoms with Gasteiger partial charge in [-0.25, -0.2) is 4.79 Å². The first kappa shape index (κ1) is 20.8. The van der Waals surface area contributed by atoms with E-state index in [1.165, 1.54) is 0 Å². The van der Waals surface area contributed by atoms with Gasteiger partial charge in [0.05, 0.1) is 6.61 Å². The molecule has 0 aromatic heterocycles.